The lowest BCUT2D eigenvalue weighted by Gasteiger charge is -2.23. The van der Waals surface area contributed by atoms with E-state index in [9.17, 15) is 9.90 Å². The Morgan fingerprint density at radius 1 is 1.33 bits per heavy atom. The van der Waals surface area contributed by atoms with E-state index in [4.69, 9.17) is 0 Å². The van der Waals surface area contributed by atoms with E-state index < -0.39 is 0 Å². The summed E-state index contributed by atoms with van der Waals surface area (Å²) in [5, 5.41) is 14.3. The topological polar surface area (TPSA) is 58.4 Å². The maximum Gasteiger partial charge on any atom is 0.222 e. The van der Waals surface area contributed by atoms with Crippen molar-refractivity contribution in [3.05, 3.63) is 48.3 Å². The first-order chi connectivity index (χ1) is 11.6. The van der Waals surface area contributed by atoms with Gasteiger partial charge >= 0.3 is 0 Å². The molecule has 1 aromatic carbocycles. The second-order valence-corrected chi connectivity index (χ2v) is 6.66. The van der Waals surface area contributed by atoms with Crippen molar-refractivity contribution < 1.29 is 9.90 Å². The number of hydrogen-bond donors (Lipinski definition) is 1. The Balaban J connectivity index is 1.50. The third-order valence-electron chi connectivity index (χ3n) is 4.84. The van der Waals surface area contributed by atoms with Crippen LogP contribution < -0.4 is 0 Å². The van der Waals surface area contributed by atoms with Crippen molar-refractivity contribution >= 4 is 5.91 Å². The van der Waals surface area contributed by atoms with Gasteiger partial charge < -0.3 is 10.0 Å². The molecule has 5 heteroatoms. The van der Waals surface area contributed by atoms with Crippen molar-refractivity contribution in [3.8, 4) is 5.69 Å². The molecule has 1 N–H and O–H groups in total. The molecule has 1 aliphatic rings. The average Bonchev–Trinajstić information content (AvgIpc) is 3.23. The number of hydrogen-bond acceptors (Lipinski definition) is 3. The second-order valence-electron chi connectivity index (χ2n) is 6.66. The van der Waals surface area contributed by atoms with Crippen LogP contribution in [0.4, 0.5) is 0 Å². The molecule has 1 aliphatic carbocycles. The Morgan fingerprint density at radius 2 is 2.12 bits per heavy atom. The van der Waals surface area contributed by atoms with Crippen molar-refractivity contribution in [1.82, 2.24) is 14.7 Å². The molecule has 1 fully saturated rings. The van der Waals surface area contributed by atoms with Crippen molar-refractivity contribution in [3.63, 3.8) is 0 Å². The zero-order valence-electron chi connectivity index (χ0n) is 14.1. The van der Waals surface area contributed by atoms with E-state index in [0.717, 1.165) is 30.5 Å². The van der Waals surface area contributed by atoms with Crippen LogP contribution in [-0.2, 0) is 11.2 Å². The molecule has 2 unspecified atom stereocenters. The number of aromatic nitrogens is 2. The van der Waals surface area contributed by atoms with Gasteiger partial charge in [0.05, 0.1) is 18.0 Å². The molecule has 1 heterocycles. The summed E-state index contributed by atoms with van der Waals surface area (Å²) in [7, 11) is 1.83. The summed E-state index contributed by atoms with van der Waals surface area (Å²) in [5.74, 6) is 0.362. The van der Waals surface area contributed by atoms with Gasteiger partial charge in [-0.2, -0.15) is 5.10 Å². The van der Waals surface area contributed by atoms with Crippen LogP contribution in [0, 0.1) is 5.92 Å². The van der Waals surface area contributed by atoms with Crippen LogP contribution in [-0.4, -0.2) is 45.4 Å². The summed E-state index contributed by atoms with van der Waals surface area (Å²) >= 11 is 0. The number of aliphatic hydroxyl groups is 1. The lowest BCUT2D eigenvalue weighted by Crippen LogP contribution is -2.34. The van der Waals surface area contributed by atoms with Crippen LogP contribution in [0.5, 0.6) is 0 Å². The van der Waals surface area contributed by atoms with Crippen LogP contribution in [0.2, 0.25) is 0 Å². The van der Waals surface area contributed by atoms with Gasteiger partial charge in [-0.1, -0.05) is 24.6 Å². The normalized spacial score (nSPS) is 20.2. The van der Waals surface area contributed by atoms with Crippen LogP contribution in [0.3, 0.4) is 0 Å². The lowest BCUT2D eigenvalue weighted by molar-refractivity contribution is -0.130. The van der Waals surface area contributed by atoms with Gasteiger partial charge in [0, 0.05) is 32.1 Å². The number of aryl methyl sites for hydroxylation is 1. The smallest absolute Gasteiger partial charge is 0.222 e. The van der Waals surface area contributed by atoms with Crippen LogP contribution >= 0.6 is 0 Å². The van der Waals surface area contributed by atoms with E-state index in [2.05, 4.69) is 5.10 Å². The Kier molecular flexibility index (Phi) is 5.30. The van der Waals surface area contributed by atoms with Gasteiger partial charge in [-0.3, -0.25) is 4.79 Å². The molecule has 0 aliphatic heterocycles. The molecule has 0 spiro atoms. The van der Waals surface area contributed by atoms with Gasteiger partial charge in [0.1, 0.15) is 0 Å². The minimum atomic E-state index is -0.246. The van der Waals surface area contributed by atoms with Crippen LogP contribution in [0.1, 0.15) is 31.2 Å². The number of amides is 1. The maximum atomic E-state index is 12.3. The third kappa shape index (κ3) is 4.03. The van der Waals surface area contributed by atoms with Crippen molar-refractivity contribution in [1.29, 1.82) is 0 Å². The Bertz CT molecular complexity index is 668. The molecule has 2 atom stereocenters. The first kappa shape index (κ1) is 16.7. The fraction of sp³-hybridized carbons (Fsp3) is 0.474. The number of para-hydroxylation sites is 1. The van der Waals surface area contributed by atoms with E-state index in [1.165, 1.54) is 0 Å². The standard InChI is InChI=1S/C19H25N3O2/c1-21(14-16-6-5-9-18(16)23)19(24)11-10-15-12-20-22(13-15)17-7-3-2-4-8-17/h2-4,7-8,12-13,16,18,23H,5-6,9-11,14H2,1H3. The number of rotatable bonds is 6. The van der Waals surface area contributed by atoms with Crippen LogP contribution in [0.15, 0.2) is 42.7 Å². The van der Waals surface area contributed by atoms with Gasteiger partial charge in [-0.25, -0.2) is 4.68 Å². The summed E-state index contributed by atoms with van der Waals surface area (Å²) in [4.78, 5) is 14.1. The molecule has 0 saturated heterocycles. The molecule has 24 heavy (non-hydrogen) atoms. The minimum absolute atomic E-state index is 0.126. The highest BCUT2D eigenvalue weighted by Crippen LogP contribution is 2.26. The van der Waals surface area contributed by atoms with E-state index in [1.54, 1.807) is 4.90 Å². The highest BCUT2D eigenvalue weighted by molar-refractivity contribution is 5.76. The molecule has 0 radical (unpaired) electrons. The van der Waals surface area contributed by atoms with Crippen LogP contribution in [0.25, 0.3) is 5.69 Å². The van der Waals surface area contributed by atoms with Gasteiger partial charge in [0.25, 0.3) is 0 Å². The predicted octanol–water partition coefficient (Wildman–Crippen LogP) is 2.42. The number of aliphatic hydroxyl groups excluding tert-OH is 1. The monoisotopic (exact) mass is 327 g/mol. The van der Waals surface area contributed by atoms with E-state index in [1.807, 2.05) is 54.5 Å². The number of carbonyl (C=O) groups excluding carboxylic acids is 1. The molecule has 1 amide bonds. The molecular weight excluding hydrogens is 302 g/mol. The minimum Gasteiger partial charge on any atom is -0.393 e. The van der Waals surface area contributed by atoms with E-state index in [-0.39, 0.29) is 17.9 Å². The lowest BCUT2D eigenvalue weighted by atomic mass is 10.1. The van der Waals surface area contributed by atoms with Gasteiger partial charge in [0.2, 0.25) is 5.91 Å². The number of carbonyl (C=O) groups is 1. The second kappa shape index (κ2) is 7.62. The fourth-order valence-electron chi connectivity index (χ4n) is 3.34. The molecule has 5 nitrogen and oxygen atoms in total. The third-order valence-corrected chi connectivity index (χ3v) is 4.84. The van der Waals surface area contributed by atoms with Gasteiger partial charge in [-0.15, -0.1) is 0 Å². The number of benzene rings is 1. The number of nitrogens with zero attached hydrogens (tertiary/aromatic N) is 3. The van der Waals surface area contributed by atoms with E-state index in [0.29, 0.717) is 19.4 Å². The largest absolute Gasteiger partial charge is 0.393 e. The Morgan fingerprint density at radius 3 is 2.83 bits per heavy atom. The summed E-state index contributed by atoms with van der Waals surface area (Å²) in [6, 6.07) is 9.94. The summed E-state index contributed by atoms with van der Waals surface area (Å²) < 4.78 is 1.83. The molecule has 128 valence electrons. The molecule has 0 bridgehead atoms. The highest BCUT2D eigenvalue weighted by Gasteiger charge is 2.27. The molecule has 3 rings (SSSR count). The summed E-state index contributed by atoms with van der Waals surface area (Å²) in [6.07, 6.45) is 7.65. The zero-order chi connectivity index (χ0) is 16.9. The van der Waals surface area contributed by atoms with Crippen molar-refractivity contribution in [2.75, 3.05) is 13.6 Å². The molecule has 1 saturated carbocycles. The predicted molar refractivity (Wildman–Crippen MR) is 92.9 cm³/mol. The fourth-order valence-corrected chi connectivity index (χ4v) is 3.34. The summed E-state index contributed by atoms with van der Waals surface area (Å²) in [5.41, 5.74) is 2.07. The van der Waals surface area contributed by atoms with Gasteiger partial charge in [0.15, 0.2) is 0 Å². The maximum absolute atomic E-state index is 12.3. The van der Waals surface area contributed by atoms with Crippen molar-refractivity contribution in [2.45, 2.75) is 38.2 Å². The average molecular weight is 327 g/mol. The molecule has 2 aromatic rings. The SMILES string of the molecule is CN(CC1CCCC1O)C(=O)CCc1cnn(-c2ccccc2)c1. The van der Waals surface area contributed by atoms with E-state index >= 15 is 0 Å². The summed E-state index contributed by atoms with van der Waals surface area (Å²) in [6.45, 7) is 0.656. The zero-order valence-corrected chi connectivity index (χ0v) is 14.1. The Labute approximate surface area is 142 Å². The first-order valence-electron chi connectivity index (χ1n) is 8.64. The van der Waals surface area contributed by atoms with Gasteiger partial charge in [-0.05, 0) is 37.0 Å². The molecule has 1 aromatic heterocycles. The highest BCUT2D eigenvalue weighted by atomic mass is 16.3. The first-order valence-corrected chi connectivity index (χ1v) is 8.64. The molecular formula is C19H25N3O2. The Hall–Kier alpha value is -2.14. The van der Waals surface area contributed by atoms with Crippen molar-refractivity contribution in [2.24, 2.45) is 5.92 Å². The quantitative estimate of drug-likeness (QED) is 0.886.